The van der Waals surface area contributed by atoms with E-state index in [2.05, 4.69) is 10.3 Å². The highest BCUT2D eigenvalue weighted by atomic mass is 32.2. The molecule has 0 saturated carbocycles. The van der Waals surface area contributed by atoms with Crippen molar-refractivity contribution in [1.82, 2.24) is 10.3 Å². The van der Waals surface area contributed by atoms with E-state index in [1.54, 1.807) is 0 Å². The Bertz CT molecular complexity index is 812. The van der Waals surface area contributed by atoms with Crippen LogP contribution in [0.1, 0.15) is 20.9 Å². The van der Waals surface area contributed by atoms with Crippen LogP contribution in [0, 0.1) is 13.8 Å². The molecule has 0 saturated heterocycles. The number of primary sulfonamides is 1. The van der Waals surface area contributed by atoms with Crippen LogP contribution in [0.3, 0.4) is 0 Å². The van der Waals surface area contributed by atoms with Gasteiger partial charge in [-0.1, -0.05) is 0 Å². The zero-order valence-corrected chi connectivity index (χ0v) is 13.3. The Morgan fingerprint density at radius 2 is 2.10 bits per heavy atom. The van der Waals surface area contributed by atoms with Gasteiger partial charge in [0.2, 0.25) is 10.0 Å². The zero-order valence-electron chi connectivity index (χ0n) is 11.6. The largest absolute Gasteiger partial charge is 0.397 e. The average molecular weight is 328 g/mol. The first-order valence-corrected chi connectivity index (χ1v) is 8.67. The summed E-state index contributed by atoms with van der Waals surface area (Å²) < 4.78 is 21.7. The van der Waals surface area contributed by atoms with Crippen molar-refractivity contribution < 1.29 is 13.2 Å². The van der Waals surface area contributed by atoms with Crippen molar-refractivity contribution in [2.24, 2.45) is 5.14 Å². The number of hydrogen-bond acceptors (Lipinski definition) is 6. The molecule has 0 spiro atoms. The number of amides is 1. The molecule has 0 fully saturated rings. The fraction of sp³-hybridized carbons (Fsp3) is 0.333. The van der Waals surface area contributed by atoms with E-state index in [0.717, 1.165) is 16.6 Å². The molecule has 2 rings (SSSR count). The standard InChI is InChI=1S/C12H16N4O3S2/c1-6-5-7(2)16-12-8(6)9(13)10(20-12)11(17)15-3-4-21(14,18)19/h5H,3-4,13H2,1-2H3,(H,15,17)(H2,14,18,19). The lowest BCUT2D eigenvalue weighted by atomic mass is 10.1. The molecule has 2 heterocycles. The molecule has 1 amide bonds. The smallest absolute Gasteiger partial charge is 0.263 e. The van der Waals surface area contributed by atoms with Gasteiger partial charge in [-0.15, -0.1) is 11.3 Å². The van der Waals surface area contributed by atoms with Crippen LogP contribution in [0.4, 0.5) is 5.69 Å². The molecule has 0 atom stereocenters. The van der Waals surface area contributed by atoms with Crippen LogP contribution < -0.4 is 16.2 Å². The van der Waals surface area contributed by atoms with Crippen LogP contribution in [0.2, 0.25) is 0 Å². The molecule has 5 N–H and O–H groups in total. The van der Waals surface area contributed by atoms with Gasteiger partial charge < -0.3 is 11.1 Å². The van der Waals surface area contributed by atoms with Crippen LogP contribution in [0.15, 0.2) is 6.07 Å². The first-order valence-electron chi connectivity index (χ1n) is 6.14. The molecule has 0 radical (unpaired) electrons. The van der Waals surface area contributed by atoms with Gasteiger partial charge in [-0.2, -0.15) is 0 Å². The SMILES string of the molecule is Cc1cc(C)c2c(N)c(C(=O)NCCS(N)(=O)=O)sc2n1. The van der Waals surface area contributed by atoms with Crippen molar-refractivity contribution in [3.8, 4) is 0 Å². The monoisotopic (exact) mass is 328 g/mol. The number of carbonyl (C=O) groups is 1. The Morgan fingerprint density at radius 3 is 2.71 bits per heavy atom. The predicted molar refractivity (Wildman–Crippen MR) is 83.8 cm³/mol. The third-order valence-electron chi connectivity index (χ3n) is 2.90. The van der Waals surface area contributed by atoms with Crippen LogP contribution in [0.25, 0.3) is 10.2 Å². The number of fused-ring (bicyclic) bond motifs is 1. The number of thiophene rings is 1. The number of nitrogens with zero attached hydrogens (tertiary/aromatic N) is 1. The van der Waals surface area contributed by atoms with Gasteiger partial charge in [0, 0.05) is 17.6 Å². The van der Waals surface area contributed by atoms with Crippen LogP contribution in [-0.4, -0.2) is 31.6 Å². The summed E-state index contributed by atoms with van der Waals surface area (Å²) >= 11 is 1.19. The summed E-state index contributed by atoms with van der Waals surface area (Å²) in [5, 5.41) is 8.14. The van der Waals surface area contributed by atoms with Gasteiger partial charge in [0.05, 0.1) is 11.4 Å². The maximum atomic E-state index is 12.1. The number of nitrogens with one attached hydrogen (secondary N) is 1. The van der Waals surface area contributed by atoms with Crippen molar-refractivity contribution in [1.29, 1.82) is 0 Å². The normalized spacial score (nSPS) is 11.8. The lowest BCUT2D eigenvalue weighted by Crippen LogP contribution is -2.31. The van der Waals surface area contributed by atoms with E-state index < -0.39 is 15.9 Å². The summed E-state index contributed by atoms with van der Waals surface area (Å²) in [4.78, 5) is 17.5. The number of nitrogen functional groups attached to an aromatic ring is 1. The van der Waals surface area contributed by atoms with Crippen molar-refractivity contribution in [2.75, 3.05) is 18.0 Å². The Hall–Kier alpha value is -1.71. The molecule has 21 heavy (non-hydrogen) atoms. The van der Waals surface area contributed by atoms with E-state index in [4.69, 9.17) is 10.9 Å². The van der Waals surface area contributed by atoms with Gasteiger partial charge in [-0.05, 0) is 25.5 Å². The Balaban J connectivity index is 2.28. The topological polar surface area (TPSA) is 128 Å². The number of rotatable bonds is 4. The minimum atomic E-state index is -3.60. The summed E-state index contributed by atoms with van der Waals surface area (Å²) in [5.74, 6) is -0.740. The number of nitrogens with two attached hydrogens (primary N) is 2. The molecule has 114 valence electrons. The molecule has 2 aromatic heterocycles. The molecular weight excluding hydrogens is 312 g/mol. The average Bonchev–Trinajstić information content (AvgIpc) is 2.64. The molecule has 2 aromatic rings. The van der Waals surface area contributed by atoms with Crippen LogP contribution in [-0.2, 0) is 10.0 Å². The van der Waals surface area contributed by atoms with Crippen LogP contribution in [0.5, 0.6) is 0 Å². The number of hydrogen-bond donors (Lipinski definition) is 3. The molecule has 9 heteroatoms. The fourth-order valence-electron chi connectivity index (χ4n) is 2.02. The third-order valence-corrected chi connectivity index (χ3v) is 4.77. The minimum Gasteiger partial charge on any atom is -0.397 e. The van der Waals surface area contributed by atoms with Crippen LogP contribution >= 0.6 is 11.3 Å². The molecule has 0 aliphatic heterocycles. The molecule has 0 unspecified atom stereocenters. The molecule has 0 aromatic carbocycles. The number of aromatic nitrogens is 1. The lowest BCUT2D eigenvalue weighted by molar-refractivity contribution is 0.0961. The molecule has 0 aliphatic rings. The number of aryl methyl sites for hydroxylation is 2. The van der Waals surface area contributed by atoms with E-state index in [0.29, 0.717) is 15.4 Å². The Kier molecular flexibility index (Phi) is 4.17. The maximum absolute atomic E-state index is 12.1. The third kappa shape index (κ3) is 3.49. The van der Waals surface area contributed by atoms with Crippen molar-refractivity contribution in [3.63, 3.8) is 0 Å². The van der Waals surface area contributed by atoms with Gasteiger partial charge >= 0.3 is 0 Å². The Morgan fingerprint density at radius 1 is 1.43 bits per heavy atom. The summed E-state index contributed by atoms with van der Waals surface area (Å²) in [6.07, 6.45) is 0. The number of anilines is 1. The van der Waals surface area contributed by atoms with Gasteiger partial charge in [0.1, 0.15) is 9.71 Å². The number of sulfonamides is 1. The summed E-state index contributed by atoms with van der Waals surface area (Å²) in [7, 11) is -3.60. The fourth-order valence-corrected chi connectivity index (χ4v) is 3.54. The second-order valence-corrected chi connectivity index (χ2v) is 7.46. The van der Waals surface area contributed by atoms with Crippen molar-refractivity contribution in [2.45, 2.75) is 13.8 Å². The highest BCUT2D eigenvalue weighted by molar-refractivity contribution is 7.89. The van der Waals surface area contributed by atoms with E-state index in [9.17, 15) is 13.2 Å². The lowest BCUT2D eigenvalue weighted by Gasteiger charge is -2.03. The van der Waals surface area contributed by atoms with Gasteiger partial charge in [-0.25, -0.2) is 18.5 Å². The Labute approximate surface area is 126 Å². The minimum absolute atomic E-state index is 0.0587. The zero-order chi connectivity index (χ0) is 15.8. The summed E-state index contributed by atoms with van der Waals surface area (Å²) in [6, 6.07) is 1.90. The number of carbonyl (C=O) groups excluding carboxylic acids is 1. The van der Waals surface area contributed by atoms with Gasteiger partial charge in [0.15, 0.2) is 0 Å². The highest BCUT2D eigenvalue weighted by Crippen LogP contribution is 2.34. The van der Waals surface area contributed by atoms with E-state index >= 15 is 0 Å². The van der Waals surface area contributed by atoms with Crippen molar-refractivity contribution in [3.05, 3.63) is 22.2 Å². The maximum Gasteiger partial charge on any atom is 0.263 e. The molecular formula is C12H16N4O3S2. The summed E-state index contributed by atoms with van der Waals surface area (Å²) in [6.45, 7) is 3.72. The van der Waals surface area contributed by atoms with E-state index in [1.165, 1.54) is 11.3 Å². The predicted octanol–water partition coefficient (Wildman–Crippen LogP) is 0.514. The van der Waals surface area contributed by atoms with Gasteiger partial charge in [-0.3, -0.25) is 4.79 Å². The second kappa shape index (κ2) is 5.58. The van der Waals surface area contributed by atoms with E-state index in [-0.39, 0.29) is 12.3 Å². The quantitative estimate of drug-likeness (QED) is 0.753. The molecule has 0 aliphatic carbocycles. The highest BCUT2D eigenvalue weighted by Gasteiger charge is 2.19. The number of pyridine rings is 1. The second-order valence-electron chi connectivity index (χ2n) is 4.73. The van der Waals surface area contributed by atoms with Gasteiger partial charge in [0.25, 0.3) is 5.91 Å². The first kappa shape index (κ1) is 15.7. The van der Waals surface area contributed by atoms with E-state index in [1.807, 2.05) is 19.9 Å². The molecule has 7 nitrogen and oxygen atoms in total. The first-order chi connectivity index (χ1) is 9.69. The summed E-state index contributed by atoms with van der Waals surface area (Å²) in [5.41, 5.74) is 8.19. The van der Waals surface area contributed by atoms with Crippen molar-refractivity contribution >= 4 is 43.2 Å². The molecule has 0 bridgehead atoms.